The second-order valence-electron chi connectivity index (χ2n) is 6.42. The molecule has 3 atom stereocenters. The van der Waals surface area contributed by atoms with Gasteiger partial charge in [-0.3, -0.25) is 4.79 Å². The molecule has 0 saturated heterocycles. The van der Waals surface area contributed by atoms with Crippen LogP contribution in [0.25, 0.3) is 0 Å². The molecule has 126 valence electrons. The van der Waals surface area contributed by atoms with E-state index in [9.17, 15) is 4.79 Å². The number of carbonyl (C=O) groups excluding carboxylic acids is 1. The Bertz CT molecular complexity index is 445. The van der Waals surface area contributed by atoms with Crippen molar-refractivity contribution in [2.24, 2.45) is 11.7 Å². The molecule has 0 spiro atoms. The van der Waals surface area contributed by atoms with Crippen LogP contribution in [-0.2, 0) is 11.2 Å². The molecule has 1 aromatic rings. The lowest BCUT2D eigenvalue weighted by Crippen LogP contribution is -2.48. The van der Waals surface area contributed by atoms with E-state index in [4.69, 9.17) is 5.73 Å². The molecule has 3 nitrogen and oxygen atoms in total. The highest BCUT2D eigenvalue weighted by Crippen LogP contribution is 2.15. The van der Waals surface area contributed by atoms with Gasteiger partial charge in [-0.1, -0.05) is 58.4 Å². The Morgan fingerprint density at radius 2 is 1.68 bits per heavy atom. The summed E-state index contributed by atoms with van der Waals surface area (Å²) in [6.45, 7) is 10.5. The average molecular weight is 327 g/mol. The Morgan fingerprint density at radius 3 is 2.14 bits per heavy atom. The van der Waals surface area contributed by atoms with Crippen LogP contribution in [0.5, 0.6) is 0 Å². The highest BCUT2D eigenvalue weighted by molar-refractivity contribution is 5.85. The van der Waals surface area contributed by atoms with Crippen LogP contribution < -0.4 is 11.1 Å². The summed E-state index contributed by atoms with van der Waals surface area (Å²) < 4.78 is 0. The van der Waals surface area contributed by atoms with Crippen LogP contribution >= 0.6 is 12.4 Å². The second-order valence-corrected chi connectivity index (χ2v) is 6.42. The normalized spacial score (nSPS) is 14.9. The van der Waals surface area contributed by atoms with Crippen molar-refractivity contribution in [2.75, 3.05) is 0 Å². The molecule has 4 heteroatoms. The maximum absolute atomic E-state index is 12.1. The van der Waals surface area contributed by atoms with Crippen molar-refractivity contribution in [3.05, 3.63) is 35.4 Å². The van der Waals surface area contributed by atoms with Gasteiger partial charge in [0.2, 0.25) is 5.91 Å². The van der Waals surface area contributed by atoms with Gasteiger partial charge >= 0.3 is 0 Å². The van der Waals surface area contributed by atoms with Crippen LogP contribution in [0.4, 0.5) is 0 Å². The summed E-state index contributed by atoms with van der Waals surface area (Å²) >= 11 is 0. The third-order valence-corrected chi connectivity index (χ3v) is 4.14. The molecule has 0 bridgehead atoms. The van der Waals surface area contributed by atoms with E-state index in [1.54, 1.807) is 0 Å². The van der Waals surface area contributed by atoms with Crippen molar-refractivity contribution in [1.82, 2.24) is 5.32 Å². The van der Waals surface area contributed by atoms with Gasteiger partial charge in [-0.05, 0) is 36.3 Å². The number of carbonyl (C=O) groups is 1. The first-order chi connectivity index (χ1) is 9.85. The molecule has 1 rings (SSSR count). The molecule has 1 aromatic carbocycles. The van der Waals surface area contributed by atoms with E-state index in [-0.39, 0.29) is 30.3 Å². The zero-order valence-electron chi connectivity index (χ0n) is 14.4. The van der Waals surface area contributed by atoms with Gasteiger partial charge in [0, 0.05) is 6.04 Å². The first-order valence-corrected chi connectivity index (χ1v) is 7.99. The van der Waals surface area contributed by atoms with Crippen LogP contribution in [0.3, 0.4) is 0 Å². The summed E-state index contributed by atoms with van der Waals surface area (Å²) in [6, 6.07) is 8.30. The van der Waals surface area contributed by atoms with Gasteiger partial charge in [0.05, 0.1) is 6.04 Å². The lowest BCUT2D eigenvalue weighted by atomic mass is 9.98. The van der Waals surface area contributed by atoms with Crippen LogP contribution in [0, 0.1) is 5.92 Å². The standard InChI is InChI=1S/C18H30N2O.ClH/c1-6-13(4)17(19)18(21)20-14(5)11-15-7-9-16(10-8-15)12(2)3;/h7-10,12-14,17H,6,11,19H2,1-5H3,(H,20,21);1H. The van der Waals surface area contributed by atoms with Gasteiger partial charge in [-0.25, -0.2) is 0 Å². The highest BCUT2D eigenvalue weighted by atomic mass is 35.5. The van der Waals surface area contributed by atoms with E-state index in [1.807, 2.05) is 13.8 Å². The molecular weight excluding hydrogens is 296 g/mol. The minimum Gasteiger partial charge on any atom is -0.352 e. The van der Waals surface area contributed by atoms with Crippen LogP contribution in [0.1, 0.15) is 58.1 Å². The third-order valence-electron chi connectivity index (χ3n) is 4.14. The lowest BCUT2D eigenvalue weighted by Gasteiger charge is -2.21. The second kappa shape index (κ2) is 9.86. The fourth-order valence-corrected chi connectivity index (χ4v) is 2.29. The molecule has 22 heavy (non-hydrogen) atoms. The summed E-state index contributed by atoms with van der Waals surface area (Å²) in [5.41, 5.74) is 8.54. The SMILES string of the molecule is CCC(C)C(N)C(=O)NC(C)Cc1ccc(C(C)C)cc1.Cl. The molecule has 0 radical (unpaired) electrons. The number of amides is 1. The quantitative estimate of drug-likeness (QED) is 0.803. The topological polar surface area (TPSA) is 55.1 Å². The van der Waals surface area contributed by atoms with Crippen LogP contribution in [-0.4, -0.2) is 18.0 Å². The van der Waals surface area contributed by atoms with Crippen molar-refractivity contribution >= 4 is 18.3 Å². The fourth-order valence-electron chi connectivity index (χ4n) is 2.29. The number of hydrogen-bond acceptors (Lipinski definition) is 2. The lowest BCUT2D eigenvalue weighted by molar-refractivity contribution is -0.124. The minimum atomic E-state index is -0.416. The summed E-state index contributed by atoms with van der Waals surface area (Å²) in [4.78, 5) is 12.1. The van der Waals surface area contributed by atoms with E-state index >= 15 is 0 Å². The third kappa shape index (κ3) is 6.37. The van der Waals surface area contributed by atoms with Gasteiger partial charge in [0.25, 0.3) is 0 Å². The smallest absolute Gasteiger partial charge is 0.237 e. The largest absolute Gasteiger partial charge is 0.352 e. The zero-order valence-corrected chi connectivity index (χ0v) is 15.2. The van der Waals surface area contributed by atoms with E-state index in [0.717, 1.165) is 12.8 Å². The zero-order chi connectivity index (χ0) is 16.0. The fraction of sp³-hybridized carbons (Fsp3) is 0.611. The van der Waals surface area contributed by atoms with Gasteiger partial charge < -0.3 is 11.1 Å². The predicted molar refractivity (Wildman–Crippen MR) is 96.5 cm³/mol. The first kappa shape index (κ1) is 20.9. The van der Waals surface area contributed by atoms with E-state index in [0.29, 0.717) is 5.92 Å². The first-order valence-electron chi connectivity index (χ1n) is 7.99. The molecule has 3 unspecified atom stereocenters. The molecule has 0 aliphatic heterocycles. The van der Waals surface area contributed by atoms with Gasteiger partial charge in [0.1, 0.15) is 0 Å². The maximum atomic E-state index is 12.1. The monoisotopic (exact) mass is 326 g/mol. The molecular formula is C18H31ClN2O. The molecule has 0 fully saturated rings. The summed E-state index contributed by atoms with van der Waals surface area (Å²) in [6.07, 6.45) is 1.75. The van der Waals surface area contributed by atoms with Crippen molar-refractivity contribution in [2.45, 2.75) is 65.5 Å². The molecule has 1 amide bonds. The number of nitrogens with two attached hydrogens (primary N) is 1. The van der Waals surface area contributed by atoms with Crippen molar-refractivity contribution in [3.63, 3.8) is 0 Å². The molecule has 3 N–H and O–H groups in total. The summed E-state index contributed by atoms with van der Waals surface area (Å²) in [7, 11) is 0. The summed E-state index contributed by atoms with van der Waals surface area (Å²) in [5, 5.41) is 3.02. The molecule has 0 aromatic heterocycles. The number of hydrogen-bond donors (Lipinski definition) is 2. The molecule has 0 heterocycles. The Balaban J connectivity index is 0.00000441. The van der Waals surface area contributed by atoms with E-state index < -0.39 is 6.04 Å². The summed E-state index contributed by atoms with van der Waals surface area (Å²) in [5.74, 6) is 0.711. The van der Waals surface area contributed by atoms with Crippen LogP contribution in [0.15, 0.2) is 24.3 Å². The Hall–Kier alpha value is -1.06. The van der Waals surface area contributed by atoms with Crippen molar-refractivity contribution in [1.29, 1.82) is 0 Å². The number of benzene rings is 1. The minimum absolute atomic E-state index is 0. The number of nitrogens with one attached hydrogen (secondary N) is 1. The van der Waals surface area contributed by atoms with Gasteiger partial charge in [-0.2, -0.15) is 0 Å². The van der Waals surface area contributed by atoms with Gasteiger partial charge in [0.15, 0.2) is 0 Å². The molecule has 0 saturated carbocycles. The average Bonchev–Trinajstić information content (AvgIpc) is 2.45. The Morgan fingerprint density at radius 1 is 1.14 bits per heavy atom. The Labute approximate surface area is 141 Å². The Kier molecular flexibility index (Phi) is 9.38. The van der Waals surface area contributed by atoms with Gasteiger partial charge in [-0.15, -0.1) is 12.4 Å². The number of halogens is 1. The molecule has 0 aliphatic rings. The molecule has 0 aliphatic carbocycles. The number of rotatable bonds is 7. The maximum Gasteiger partial charge on any atom is 0.237 e. The van der Waals surface area contributed by atoms with E-state index in [1.165, 1.54) is 11.1 Å². The van der Waals surface area contributed by atoms with E-state index in [2.05, 4.69) is 50.4 Å². The predicted octanol–water partition coefficient (Wildman–Crippen LogP) is 3.65. The van der Waals surface area contributed by atoms with Crippen molar-refractivity contribution in [3.8, 4) is 0 Å². The highest BCUT2D eigenvalue weighted by Gasteiger charge is 2.20. The van der Waals surface area contributed by atoms with Crippen LogP contribution in [0.2, 0.25) is 0 Å². The van der Waals surface area contributed by atoms with Crippen molar-refractivity contribution < 1.29 is 4.79 Å².